The van der Waals surface area contributed by atoms with Gasteiger partial charge >= 0.3 is 0 Å². The molecule has 0 unspecified atom stereocenters. The molecule has 27 heavy (non-hydrogen) atoms. The fourth-order valence-corrected chi connectivity index (χ4v) is 3.53. The van der Waals surface area contributed by atoms with Gasteiger partial charge in [-0.15, -0.1) is 0 Å². The number of carbonyl (C=O) groups is 2. The summed E-state index contributed by atoms with van der Waals surface area (Å²) in [5, 5.41) is 7.45. The van der Waals surface area contributed by atoms with E-state index in [1.54, 1.807) is 24.8 Å². The molecule has 1 aliphatic rings. The second-order valence-corrected chi connectivity index (χ2v) is 6.86. The zero-order chi connectivity index (χ0) is 19.1. The zero-order valence-electron chi connectivity index (χ0n) is 15.5. The van der Waals surface area contributed by atoms with Gasteiger partial charge < -0.3 is 14.7 Å². The first kappa shape index (κ1) is 17.2. The van der Waals surface area contributed by atoms with Crippen molar-refractivity contribution >= 4 is 34.3 Å². The van der Waals surface area contributed by atoms with Crippen LogP contribution in [0.25, 0.3) is 11.1 Å². The van der Waals surface area contributed by atoms with E-state index in [4.69, 9.17) is 4.52 Å². The number of amides is 2. The van der Waals surface area contributed by atoms with Crippen LogP contribution >= 0.6 is 0 Å². The highest BCUT2D eigenvalue weighted by atomic mass is 16.5. The van der Waals surface area contributed by atoms with E-state index >= 15 is 0 Å². The molecule has 0 aliphatic carbocycles. The molecule has 7 nitrogen and oxygen atoms in total. The van der Waals surface area contributed by atoms with Crippen LogP contribution in [0.15, 0.2) is 28.8 Å². The quantitative estimate of drug-likeness (QED) is 0.768. The molecule has 138 valence electrons. The van der Waals surface area contributed by atoms with E-state index < -0.39 is 0 Å². The highest BCUT2D eigenvalue weighted by molar-refractivity contribution is 6.12. The molecular weight excluding hydrogens is 344 g/mol. The second-order valence-electron chi connectivity index (χ2n) is 6.86. The largest absolute Gasteiger partial charge is 0.336 e. The van der Waals surface area contributed by atoms with Gasteiger partial charge in [0.2, 0.25) is 5.91 Å². The van der Waals surface area contributed by atoms with Crippen LogP contribution in [0.5, 0.6) is 0 Å². The summed E-state index contributed by atoms with van der Waals surface area (Å²) in [5.74, 6) is -0.103. The lowest BCUT2D eigenvalue weighted by Crippen LogP contribution is -2.24. The van der Waals surface area contributed by atoms with E-state index in [0.29, 0.717) is 40.2 Å². The van der Waals surface area contributed by atoms with Crippen LogP contribution in [0, 0.1) is 20.8 Å². The van der Waals surface area contributed by atoms with Gasteiger partial charge in [0.05, 0.1) is 16.6 Å². The normalized spacial score (nSPS) is 14.2. The summed E-state index contributed by atoms with van der Waals surface area (Å²) in [6.45, 7) is 6.27. The van der Waals surface area contributed by atoms with Crippen LogP contribution in [0.4, 0.5) is 11.4 Å². The van der Waals surface area contributed by atoms with Gasteiger partial charge in [-0.05, 0) is 57.0 Å². The Bertz CT molecular complexity index is 1070. The topological polar surface area (TPSA) is 88.3 Å². The SMILES string of the molecule is Cc1cc(C(=O)Nc2ccc(N3CCCC3=O)c(C)c2)c2c(C)noc2n1. The van der Waals surface area contributed by atoms with Crippen LogP contribution in [0.1, 0.15) is 40.2 Å². The molecule has 7 heteroatoms. The van der Waals surface area contributed by atoms with Gasteiger partial charge in [0.15, 0.2) is 0 Å². The number of anilines is 2. The van der Waals surface area contributed by atoms with Crippen molar-refractivity contribution in [3.05, 3.63) is 46.8 Å². The number of aryl methyl sites for hydroxylation is 3. The maximum absolute atomic E-state index is 12.9. The molecule has 1 fully saturated rings. The number of nitrogens with zero attached hydrogens (tertiary/aromatic N) is 3. The van der Waals surface area contributed by atoms with Crippen molar-refractivity contribution in [1.82, 2.24) is 10.1 Å². The van der Waals surface area contributed by atoms with Gasteiger partial charge in [-0.25, -0.2) is 4.98 Å². The first-order valence-electron chi connectivity index (χ1n) is 8.90. The third-order valence-electron chi connectivity index (χ3n) is 4.81. The van der Waals surface area contributed by atoms with Gasteiger partial charge in [-0.1, -0.05) is 5.16 Å². The van der Waals surface area contributed by atoms with Crippen LogP contribution < -0.4 is 10.2 Å². The summed E-state index contributed by atoms with van der Waals surface area (Å²) in [4.78, 5) is 30.9. The van der Waals surface area contributed by atoms with E-state index in [9.17, 15) is 9.59 Å². The molecule has 0 spiro atoms. The Kier molecular flexibility index (Phi) is 4.14. The second kappa shape index (κ2) is 6.50. The summed E-state index contributed by atoms with van der Waals surface area (Å²) in [6, 6.07) is 7.31. The molecule has 3 heterocycles. The number of nitrogens with one attached hydrogen (secondary N) is 1. The maximum atomic E-state index is 12.9. The molecule has 4 rings (SSSR count). The smallest absolute Gasteiger partial charge is 0.258 e. The third-order valence-corrected chi connectivity index (χ3v) is 4.81. The molecule has 0 saturated carbocycles. The Balaban J connectivity index is 1.63. The first-order valence-corrected chi connectivity index (χ1v) is 8.90. The maximum Gasteiger partial charge on any atom is 0.258 e. The number of carbonyl (C=O) groups excluding carboxylic acids is 2. The number of aromatic nitrogens is 2. The molecule has 2 amide bonds. The van der Waals surface area contributed by atoms with Gasteiger partial charge in [0, 0.05) is 30.0 Å². The van der Waals surface area contributed by atoms with Crippen molar-refractivity contribution in [2.24, 2.45) is 0 Å². The minimum absolute atomic E-state index is 0.146. The highest BCUT2D eigenvalue weighted by Gasteiger charge is 2.23. The summed E-state index contributed by atoms with van der Waals surface area (Å²) in [6.07, 6.45) is 1.47. The minimum atomic E-state index is -0.249. The molecule has 0 atom stereocenters. The molecule has 1 aromatic carbocycles. The molecular formula is C20H20N4O3. The lowest BCUT2D eigenvalue weighted by molar-refractivity contribution is -0.117. The van der Waals surface area contributed by atoms with Crippen molar-refractivity contribution in [3.8, 4) is 0 Å². The van der Waals surface area contributed by atoms with E-state index in [-0.39, 0.29) is 11.8 Å². The van der Waals surface area contributed by atoms with Crippen molar-refractivity contribution in [2.75, 3.05) is 16.8 Å². The van der Waals surface area contributed by atoms with E-state index in [1.807, 2.05) is 25.1 Å². The number of fused-ring (bicyclic) bond motifs is 1. The number of benzene rings is 1. The van der Waals surface area contributed by atoms with Crippen molar-refractivity contribution < 1.29 is 14.1 Å². The van der Waals surface area contributed by atoms with Crippen molar-refractivity contribution in [1.29, 1.82) is 0 Å². The van der Waals surface area contributed by atoms with Crippen LogP contribution in [-0.2, 0) is 4.79 Å². The Labute approximate surface area is 156 Å². The predicted molar refractivity (Wildman–Crippen MR) is 102 cm³/mol. The number of rotatable bonds is 3. The van der Waals surface area contributed by atoms with Crippen LogP contribution in [0.3, 0.4) is 0 Å². The molecule has 1 aliphatic heterocycles. The number of hydrogen-bond donors (Lipinski definition) is 1. The lowest BCUT2D eigenvalue weighted by atomic mass is 10.1. The molecule has 1 N–H and O–H groups in total. The monoisotopic (exact) mass is 364 g/mol. The van der Waals surface area contributed by atoms with Crippen molar-refractivity contribution in [3.63, 3.8) is 0 Å². The fourth-order valence-electron chi connectivity index (χ4n) is 3.53. The summed E-state index contributed by atoms with van der Waals surface area (Å²) >= 11 is 0. The summed E-state index contributed by atoms with van der Waals surface area (Å²) < 4.78 is 5.19. The van der Waals surface area contributed by atoms with E-state index in [2.05, 4.69) is 15.5 Å². The van der Waals surface area contributed by atoms with E-state index in [0.717, 1.165) is 24.2 Å². The third kappa shape index (κ3) is 3.05. The zero-order valence-corrected chi connectivity index (χ0v) is 15.5. The first-order chi connectivity index (χ1) is 12.9. The number of hydrogen-bond acceptors (Lipinski definition) is 5. The lowest BCUT2D eigenvalue weighted by Gasteiger charge is -2.19. The van der Waals surface area contributed by atoms with Gasteiger partial charge in [-0.3, -0.25) is 9.59 Å². The van der Waals surface area contributed by atoms with Gasteiger partial charge in [-0.2, -0.15) is 0 Å². The molecule has 0 radical (unpaired) electrons. The average Bonchev–Trinajstić information content (AvgIpc) is 3.20. The van der Waals surface area contributed by atoms with Crippen LogP contribution in [0.2, 0.25) is 0 Å². The number of pyridine rings is 1. The predicted octanol–water partition coefficient (Wildman–Crippen LogP) is 3.53. The van der Waals surface area contributed by atoms with Gasteiger partial charge in [0.1, 0.15) is 0 Å². The summed E-state index contributed by atoms with van der Waals surface area (Å²) in [5.41, 5.74) is 4.66. The fraction of sp³-hybridized carbons (Fsp3) is 0.300. The van der Waals surface area contributed by atoms with Crippen molar-refractivity contribution in [2.45, 2.75) is 33.6 Å². The molecule has 3 aromatic rings. The summed E-state index contributed by atoms with van der Waals surface area (Å²) in [7, 11) is 0. The average molecular weight is 364 g/mol. The molecule has 2 aromatic heterocycles. The molecule has 0 bridgehead atoms. The van der Waals surface area contributed by atoms with Crippen LogP contribution in [-0.4, -0.2) is 28.5 Å². The molecule has 1 saturated heterocycles. The minimum Gasteiger partial charge on any atom is -0.336 e. The Morgan fingerprint density at radius 2 is 2.04 bits per heavy atom. The van der Waals surface area contributed by atoms with Gasteiger partial charge in [0.25, 0.3) is 11.6 Å². The van der Waals surface area contributed by atoms with E-state index in [1.165, 1.54) is 0 Å². The Morgan fingerprint density at radius 1 is 1.22 bits per heavy atom. The Hall–Kier alpha value is -3.22. The highest BCUT2D eigenvalue weighted by Crippen LogP contribution is 2.28. The Morgan fingerprint density at radius 3 is 2.74 bits per heavy atom. The standard InChI is InChI=1S/C20H20N4O3/c1-11-9-14(6-7-16(11)24-8-4-5-17(24)25)22-19(26)15-10-12(2)21-20-18(15)13(3)23-27-20/h6-7,9-10H,4-5,8H2,1-3H3,(H,22,26).